The summed E-state index contributed by atoms with van der Waals surface area (Å²) >= 11 is 7.01. The zero-order valence-electron chi connectivity index (χ0n) is 13.2. The Morgan fingerprint density at radius 1 is 1.24 bits per heavy atom. The third-order valence-corrected chi connectivity index (χ3v) is 6.69. The van der Waals surface area contributed by atoms with Crippen molar-refractivity contribution in [3.63, 3.8) is 0 Å². The van der Waals surface area contributed by atoms with Crippen LogP contribution in [0.4, 0.5) is 11.4 Å². The number of aliphatic imine (C=N–C) groups is 1. The van der Waals surface area contributed by atoms with Crippen LogP contribution >= 0.6 is 31.9 Å². The monoisotopic (exact) mass is 463 g/mol. The predicted octanol–water partition coefficient (Wildman–Crippen LogP) is 2.27. The van der Waals surface area contributed by atoms with Crippen LogP contribution in [0.5, 0.6) is 5.75 Å². The molecule has 128 valence electrons. The lowest BCUT2D eigenvalue weighted by atomic mass is 9.71. The highest BCUT2D eigenvalue weighted by Gasteiger charge is 2.41. The van der Waals surface area contributed by atoms with E-state index in [4.69, 9.17) is 4.99 Å². The van der Waals surface area contributed by atoms with Gasteiger partial charge in [0.1, 0.15) is 11.8 Å². The van der Waals surface area contributed by atoms with E-state index in [1.54, 1.807) is 0 Å². The number of nitrogens with one attached hydrogen (secondary N) is 1. The van der Waals surface area contributed by atoms with Crippen molar-refractivity contribution in [1.82, 2.24) is 0 Å². The number of hydrogen-bond donors (Lipinski definition) is 3. The number of rotatable bonds is 0. The molecule has 3 heterocycles. The quantitative estimate of drug-likeness (QED) is 0.515. The van der Waals surface area contributed by atoms with Gasteiger partial charge in [-0.15, -0.1) is 0 Å². The first-order valence-electron chi connectivity index (χ1n) is 8.21. The summed E-state index contributed by atoms with van der Waals surface area (Å²) in [6.45, 7) is 1.43. The number of benzene rings is 1. The first-order valence-corrected chi connectivity index (χ1v) is 9.80. The van der Waals surface area contributed by atoms with E-state index >= 15 is 0 Å². The van der Waals surface area contributed by atoms with Gasteiger partial charge in [-0.1, -0.05) is 44.0 Å². The van der Waals surface area contributed by atoms with Crippen LogP contribution in [-0.2, 0) is 5.41 Å². The molecule has 0 bridgehead atoms. The normalized spacial score (nSPS) is 28.8. The van der Waals surface area contributed by atoms with Gasteiger partial charge in [-0.3, -0.25) is 9.98 Å². The molecular formula is C18H15Br2N3O2. The Labute approximate surface area is 160 Å². The van der Waals surface area contributed by atoms with Gasteiger partial charge in [0.15, 0.2) is 5.75 Å². The zero-order chi connectivity index (χ0) is 17.3. The summed E-state index contributed by atoms with van der Waals surface area (Å²) in [5.41, 5.74) is 3.00. The zero-order valence-corrected chi connectivity index (χ0v) is 16.4. The standard InChI is InChI=1S/C18H15Br2N3O2/c19-9-5-18(6-10(20)16(9)24)2-4-22-15-12(18)13-11-8(1-3-21-13)7-23-14(11)17(15)25/h5-7,16,22,24-25H,1-4H2. The van der Waals surface area contributed by atoms with Gasteiger partial charge in [-0.25, -0.2) is 0 Å². The smallest absolute Gasteiger partial charge is 0.165 e. The molecule has 0 aromatic heterocycles. The van der Waals surface area contributed by atoms with Gasteiger partial charge >= 0.3 is 0 Å². The molecule has 1 spiro atoms. The summed E-state index contributed by atoms with van der Waals surface area (Å²) in [5, 5.41) is 26.3. The molecule has 4 aliphatic rings. The van der Waals surface area contributed by atoms with Crippen LogP contribution in [-0.4, -0.2) is 35.6 Å². The maximum absolute atomic E-state index is 10.9. The van der Waals surface area contributed by atoms with E-state index in [0.29, 0.717) is 17.9 Å². The maximum Gasteiger partial charge on any atom is 0.165 e. The number of phenols is 1. The largest absolute Gasteiger partial charge is 0.504 e. The van der Waals surface area contributed by atoms with Gasteiger partial charge in [-0.2, -0.15) is 0 Å². The first-order chi connectivity index (χ1) is 12.0. The van der Waals surface area contributed by atoms with Crippen LogP contribution in [0.2, 0.25) is 0 Å². The number of anilines is 1. The molecule has 3 N–H and O–H groups in total. The highest BCUT2D eigenvalue weighted by molar-refractivity contribution is 9.12. The second-order valence-corrected chi connectivity index (χ2v) is 8.60. The highest BCUT2D eigenvalue weighted by atomic mass is 79.9. The molecule has 1 aromatic carbocycles. The van der Waals surface area contributed by atoms with E-state index in [-0.39, 0.29) is 5.75 Å². The number of halogens is 2. The van der Waals surface area contributed by atoms with Crippen LogP contribution in [0.25, 0.3) is 5.57 Å². The van der Waals surface area contributed by atoms with Crippen molar-refractivity contribution in [2.75, 3.05) is 18.4 Å². The number of phenolic OH excluding ortho intramolecular Hbond substituents is 1. The summed E-state index contributed by atoms with van der Waals surface area (Å²) < 4.78 is 1.44. The molecule has 5 nitrogen and oxygen atoms in total. The van der Waals surface area contributed by atoms with Crippen molar-refractivity contribution in [2.45, 2.75) is 24.4 Å². The van der Waals surface area contributed by atoms with Crippen LogP contribution in [0.3, 0.4) is 0 Å². The molecule has 0 radical (unpaired) electrons. The highest BCUT2D eigenvalue weighted by Crippen LogP contribution is 2.48. The van der Waals surface area contributed by atoms with Crippen LogP contribution in [0.15, 0.2) is 31.1 Å². The molecule has 7 heteroatoms. The number of hydrogen-bond acceptors (Lipinski definition) is 5. The van der Waals surface area contributed by atoms with E-state index in [2.05, 4.69) is 42.2 Å². The molecule has 1 aliphatic carbocycles. The van der Waals surface area contributed by atoms with E-state index in [9.17, 15) is 10.2 Å². The van der Waals surface area contributed by atoms with Crippen LogP contribution < -0.4 is 15.9 Å². The third-order valence-electron chi connectivity index (χ3n) is 5.36. The van der Waals surface area contributed by atoms with E-state index in [0.717, 1.165) is 50.1 Å². The second-order valence-electron chi connectivity index (χ2n) is 6.76. The van der Waals surface area contributed by atoms with Crippen molar-refractivity contribution in [3.05, 3.63) is 37.3 Å². The topological polar surface area (TPSA) is 77.2 Å². The Kier molecular flexibility index (Phi) is 3.34. The minimum Gasteiger partial charge on any atom is -0.504 e. The van der Waals surface area contributed by atoms with Crippen molar-refractivity contribution in [2.24, 2.45) is 9.98 Å². The van der Waals surface area contributed by atoms with Crippen LogP contribution in [0.1, 0.15) is 18.4 Å². The number of aliphatic hydroxyl groups is 1. The molecule has 3 aliphatic heterocycles. The molecule has 0 saturated heterocycles. The summed E-state index contributed by atoms with van der Waals surface area (Å²) in [5.74, 6) is 0.191. The van der Waals surface area contributed by atoms with Gasteiger partial charge in [-0.05, 0) is 18.4 Å². The fourth-order valence-electron chi connectivity index (χ4n) is 4.24. The van der Waals surface area contributed by atoms with Crippen LogP contribution in [0, 0.1) is 0 Å². The van der Waals surface area contributed by atoms with Gasteiger partial charge < -0.3 is 15.5 Å². The molecule has 0 amide bonds. The second kappa shape index (κ2) is 5.28. The van der Waals surface area contributed by atoms with Gasteiger partial charge in [0.05, 0.1) is 11.0 Å². The predicted molar refractivity (Wildman–Crippen MR) is 105 cm³/mol. The Hall–Kier alpha value is -1.44. The number of aliphatic hydroxyl groups excluding tert-OH is 1. The van der Waals surface area contributed by atoms with E-state index in [1.165, 1.54) is 0 Å². The summed E-state index contributed by atoms with van der Waals surface area (Å²) in [4.78, 5) is 9.25. The van der Waals surface area contributed by atoms with Gasteiger partial charge in [0.25, 0.3) is 0 Å². The number of nitrogens with zero attached hydrogens (tertiary/aromatic N) is 2. The van der Waals surface area contributed by atoms with Crippen molar-refractivity contribution >= 4 is 55.0 Å². The molecule has 0 saturated carbocycles. The summed E-state index contributed by atoms with van der Waals surface area (Å²) in [6.07, 6.45) is 6.91. The third kappa shape index (κ3) is 2.03. The SMILES string of the molecule is Oc1c2c(c3c4c1N=CC=4CCN=3)C1(C=C(Br)C(O)C(Br)=C1)CCN2. The first kappa shape index (κ1) is 15.8. The number of aromatic hydroxyl groups is 1. The lowest BCUT2D eigenvalue weighted by molar-refractivity contribution is 0.260. The molecule has 0 atom stereocenters. The van der Waals surface area contributed by atoms with E-state index < -0.39 is 11.5 Å². The molecule has 0 fully saturated rings. The molecule has 25 heavy (non-hydrogen) atoms. The fraction of sp³-hybridized carbons (Fsp3) is 0.333. The number of allylic oxidation sites excluding steroid dienone is 2. The maximum atomic E-state index is 10.9. The number of fused-ring (bicyclic) bond motifs is 3. The van der Waals surface area contributed by atoms with E-state index in [1.807, 2.05) is 18.4 Å². The average Bonchev–Trinajstić information content (AvgIpc) is 3.03. The van der Waals surface area contributed by atoms with Gasteiger partial charge in [0, 0.05) is 44.5 Å². The average molecular weight is 465 g/mol. The Morgan fingerprint density at radius 2 is 2.00 bits per heavy atom. The molecule has 5 rings (SSSR count). The lowest BCUT2D eigenvalue weighted by Crippen LogP contribution is -2.45. The molecule has 1 aromatic rings. The minimum absolute atomic E-state index is 0.191. The van der Waals surface area contributed by atoms with Crippen molar-refractivity contribution in [1.29, 1.82) is 0 Å². The minimum atomic E-state index is -0.689. The van der Waals surface area contributed by atoms with Crippen molar-refractivity contribution < 1.29 is 10.2 Å². The summed E-state index contributed by atoms with van der Waals surface area (Å²) in [6, 6.07) is 0. The lowest BCUT2D eigenvalue weighted by Gasteiger charge is -2.39. The molecule has 0 unspecified atom stereocenters. The Balaban J connectivity index is 1.93. The Bertz CT molecular complexity index is 1020. The fourth-order valence-corrected chi connectivity index (χ4v) is 5.86. The van der Waals surface area contributed by atoms with Crippen molar-refractivity contribution in [3.8, 4) is 5.75 Å². The Morgan fingerprint density at radius 3 is 2.76 bits per heavy atom. The van der Waals surface area contributed by atoms with Gasteiger partial charge in [0.2, 0.25) is 0 Å². The molecular weight excluding hydrogens is 450 g/mol. The summed E-state index contributed by atoms with van der Waals surface area (Å²) in [7, 11) is 0.